The summed E-state index contributed by atoms with van der Waals surface area (Å²) in [5.41, 5.74) is 2.06. The number of hydrogen-bond acceptors (Lipinski definition) is 4. The van der Waals surface area contributed by atoms with Crippen LogP contribution in [0.5, 0.6) is 0 Å². The highest BCUT2D eigenvalue weighted by Gasteiger charge is 2.29. The fourth-order valence-electron chi connectivity index (χ4n) is 3.33. The minimum absolute atomic E-state index is 0.0155. The fraction of sp³-hybridized carbons (Fsp3) is 0.667. The summed E-state index contributed by atoms with van der Waals surface area (Å²) in [6, 6.07) is 5.43. The molecule has 2 rings (SSSR count). The number of benzene rings is 1. The highest BCUT2D eigenvalue weighted by molar-refractivity contribution is 7.89. The molecule has 0 saturated carbocycles. The topological polar surface area (TPSA) is 69.7 Å². The molecule has 1 aromatic carbocycles. The number of carbonyl (C=O) groups is 1. The van der Waals surface area contributed by atoms with Gasteiger partial charge in [-0.15, -0.1) is 0 Å². The van der Waals surface area contributed by atoms with E-state index in [9.17, 15) is 13.2 Å². The Balaban J connectivity index is 1.85. The van der Waals surface area contributed by atoms with E-state index in [1.54, 1.807) is 12.1 Å². The van der Waals surface area contributed by atoms with Crippen molar-refractivity contribution in [2.45, 2.75) is 58.4 Å². The van der Waals surface area contributed by atoms with Gasteiger partial charge in [0.25, 0.3) is 0 Å². The van der Waals surface area contributed by atoms with Gasteiger partial charge < -0.3 is 5.32 Å². The van der Waals surface area contributed by atoms with E-state index in [0.29, 0.717) is 43.5 Å². The van der Waals surface area contributed by atoms with Crippen molar-refractivity contribution in [2.24, 2.45) is 5.92 Å². The van der Waals surface area contributed by atoms with Gasteiger partial charge in [0.05, 0.1) is 11.4 Å². The van der Waals surface area contributed by atoms with E-state index in [0.717, 1.165) is 24.0 Å². The quantitative estimate of drug-likeness (QED) is 0.716. The Morgan fingerprint density at radius 3 is 2.25 bits per heavy atom. The van der Waals surface area contributed by atoms with Gasteiger partial charge in [-0.05, 0) is 62.8 Å². The summed E-state index contributed by atoms with van der Waals surface area (Å²) >= 11 is 0. The molecule has 0 bridgehead atoms. The summed E-state index contributed by atoms with van der Waals surface area (Å²) in [5, 5.41) is 3.05. The van der Waals surface area contributed by atoms with Crippen LogP contribution in [0.15, 0.2) is 23.1 Å². The normalized spacial score (nSPS) is 17.6. The number of hydrogen-bond donors (Lipinski definition) is 1. The van der Waals surface area contributed by atoms with Gasteiger partial charge in [0, 0.05) is 32.2 Å². The molecular formula is C21H35N3O3S. The van der Waals surface area contributed by atoms with Crippen LogP contribution < -0.4 is 5.32 Å². The summed E-state index contributed by atoms with van der Waals surface area (Å²) in [4.78, 5) is 14.6. The van der Waals surface area contributed by atoms with Crippen LogP contribution >= 0.6 is 0 Å². The maximum atomic E-state index is 12.9. The molecule has 0 aliphatic carbocycles. The Morgan fingerprint density at radius 2 is 1.68 bits per heavy atom. The van der Waals surface area contributed by atoms with Gasteiger partial charge in [0.2, 0.25) is 15.9 Å². The van der Waals surface area contributed by atoms with Crippen LogP contribution in [0, 0.1) is 19.8 Å². The molecule has 158 valence electrons. The third-order valence-corrected chi connectivity index (χ3v) is 7.29. The lowest BCUT2D eigenvalue weighted by Gasteiger charge is -2.33. The number of amides is 1. The van der Waals surface area contributed by atoms with Crippen LogP contribution in [0.1, 0.15) is 44.7 Å². The zero-order chi connectivity index (χ0) is 20.9. The van der Waals surface area contributed by atoms with Gasteiger partial charge in [-0.3, -0.25) is 9.69 Å². The predicted octanol–water partition coefficient (Wildman–Crippen LogP) is 2.55. The highest BCUT2D eigenvalue weighted by atomic mass is 32.2. The van der Waals surface area contributed by atoms with E-state index in [4.69, 9.17) is 0 Å². The average molecular weight is 410 g/mol. The van der Waals surface area contributed by atoms with Crippen LogP contribution in [-0.4, -0.2) is 62.3 Å². The second kappa shape index (κ2) is 9.85. The zero-order valence-electron chi connectivity index (χ0n) is 17.9. The smallest absolute Gasteiger partial charge is 0.243 e. The van der Waals surface area contributed by atoms with E-state index in [-0.39, 0.29) is 11.9 Å². The standard InChI is InChI=1S/C21H35N3O3S/c1-16(2)6-8-19(5)22-21(25)15-23-10-12-24(13-11-23)28(26,27)20-9-7-17(3)18(4)14-20/h7,9,14,16,19H,6,8,10-13,15H2,1-5H3,(H,22,25)/t19-/m1/s1. The van der Waals surface area contributed by atoms with Gasteiger partial charge in [-0.25, -0.2) is 8.42 Å². The number of piperazine rings is 1. The molecule has 1 atom stereocenters. The van der Waals surface area contributed by atoms with Crippen LogP contribution in [0.4, 0.5) is 0 Å². The number of nitrogens with one attached hydrogen (secondary N) is 1. The molecule has 1 heterocycles. The third-order valence-electron chi connectivity index (χ3n) is 5.40. The highest BCUT2D eigenvalue weighted by Crippen LogP contribution is 2.20. The number of carbonyl (C=O) groups excluding carboxylic acids is 1. The van der Waals surface area contributed by atoms with E-state index in [1.807, 2.05) is 31.7 Å². The minimum atomic E-state index is -3.48. The van der Waals surface area contributed by atoms with Crippen LogP contribution in [-0.2, 0) is 14.8 Å². The summed E-state index contributed by atoms with van der Waals surface area (Å²) in [7, 11) is -3.48. The zero-order valence-corrected chi connectivity index (χ0v) is 18.7. The van der Waals surface area contributed by atoms with Crippen LogP contribution in [0.3, 0.4) is 0 Å². The first-order valence-electron chi connectivity index (χ1n) is 10.2. The van der Waals surface area contributed by atoms with Crippen molar-refractivity contribution < 1.29 is 13.2 Å². The molecule has 28 heavy (non-hydrogen) atoms. The van der Waals surface area contributed by atoms with Gasteiger partial charge in [-0.2, -0.15) is 4.31 Å². The Bertz CT molecular complexity index is 769. The van der Waals surface area contributed by atoms with Gasteiger partial charge in [-0.1, -0.05) is 19.9 Å². The summed E-state index contributed by atoms with van der Waals surface area (Å²) < 4.78 is 27.3. The van der Waals surface area contributed by atoms with Crippen LogP contribution in [0.2, 0.25) is 0 Å². The van der Waals surface area contributed by atoms with Crippen molar-refractivity contribution in [2.75, 3.05) is 32.7 Å². The number of sulfonamides is 1. The van der Waals surface area contributed by atoms with Gasteiger partial charge in [0.15, 0.2) is 0 Å². The minimum Gasteiger partial charge on any atom is -0.353 e. The van der Waals surface area contributed by atoms with Crippen molar-refractivity contribution in [1.82, 2.24) is 14.5 Å². The van der Waals surface area contributed by atoms with Crippen molar-refractivity contribution in [3.05, 3.63) is 29.3 Å². The van der Waals surface area contributed by atoms with E-state index in [1.165, 1.54) is 4.31 Å². The fourth-order valence-corrected chi connectivity index (χ4v) is 4.84. The molecule has 1 aliphatic rings. The maximum absolute atomic E-state index is 12.9. The Kier molecular flexibility index (Phi) is 8.04. The van der Waals surface area contributed by atoms with Crippen molar-refractivity contribution in [3.63, 3.8) is 0 Å². The molecule has 1 aromatic rings. The largest absolute Gasteiger partial charge is 0.353 e. The maximum Gasteiger partial charge on any atom is 0.243 e. The van der Waals surface area contributed by atoms with Crippen molar-refractivity contribution in [1.29, 1.82) is 0 Å². The molecular weight excluding hydrogens is 374 g/mol. The monoisotopic (exact) mass is 409 g/mol. The SMILES string of the molecule is Cc1ccc(S(=O)(=O)N2CCN(CC(=O)N[C@H](C)CCC(C)C)CC2)cc1C. The van der Waals surface area contributed by atoms with Crippen molar-refractivity contribution >= 4 is 15.9 Å². The molecule has 6 nitrogen and oxygen atoms in total. The lowest BCUT2D eigenvalue weighted by atomic mass is 10.0. The lowest BCUT2D eigenvalue weighted by Crippen LogP contribution is -2.51. The summed E-state index contributed by atoms with van der Waals surface area (Å²) in [6.45, 7) is 12.6. The molecule has 0 spiro atoms. The summed E-state index contributed by atoms with van der Waals surface area (Å²) in [5.74, 6) is 0.647. The summed E-state index contributed by atoms with van der Waals surface area (Å²) in [6.07, 6.45) is 2.07. The first kappa shape index (κ1) is 22.8. The molecule has 7 heteroatoms. The molecule has 1 amide bonds. The van der Waals surface area contributed by atoms with Gasteiger partial charge in [0.1, 0.15) is 0 Å². The first-order chi connectivity index (χ1) is 13.1. The van der Waals surface area contributed by atoms with E-state index < -0.39 is 10.0 Å². The molecule has 1 saturated heterocycles. The third kappa shape index (κ3) is 6.29. The van der Waals surface area contributed by atoms with Gasteiger partial charge >= 0.3 is 0 Å². The Labute approximate surface area is 170 Å². The Hall–Kier alpha value is -1.44. The molecule has 1 aliphatic heterocycles. The first-order valence-corrected chi connectivity index (χ1v) is 11.6. The van der Waals surface area contributed by atoms with E-state index >= 15 is 0 Å². The number of nitrogens with zero attached hydrogens (tertiary/aromatic N) is 2. The lowest BCUT2D eigenvalue weighted by molar-refractivity contribution is -0.123. The molecule has 0 unspecified atom stereocenters. The molecule has 1 fully saturated rings. The van der Waals surface area contributed by atoms with Crippen LogP contribution in [0.25, 0.3) is 0 Å². The number of aryl methyl sites for hydroxylation is 2. The number of rotatable bonds is 8. The average Bonchev–Trinajstić information content (AvgIpc) is 2.62. The Morgan fingerprint density at radius 1 is 1.04 bits per heavy atom. The predicted molar refractivity (Wildman–Crippen MR) is 113 cm³/mol. The second-order valence-electron chi connectivity index (χ2n) is 8.37. The second-order valence-corrected chi connectivity index (χ2v) is 10.3. The molecule has 1 N–H and O–H groups in total. The molecule has 0 aromatic heterocycles. The molecule has 0 radical (unpaired) electrons. The van der Waals surface area contributed by atoms with Crippen molar-refractivity contribution in [3.8, 4) is 0 Å². The van der Waals surface area contributed by atoms with E-state index in [2.05, 4.69) is 19.2 Å².